The molecule has 0 saturated carbocycles. The molecule has 102 valence electrons. The van der Waals surface area contributed by atoms with E-state index in [1.54, 1.807) is 12.1 Å². The molecule has 5 heteroatoms. The van der Waals surface area contributed by atoms with Gasteiger partial charge in [0.15, 0.2) is 0 Å². The van der Waals surface area contributed by atoms with Crippen molar-refractivity contribution in [2.24, 2.45) is 0 Å². The zero-order chi connectivity index (χ0) is 14.8. The van der Waals surface area contributed by atoms with Crippen LogP contribution in [0.3, 0.4) is 0 Å². The molecule has 0 heterocycles. The summed E-state index contributed by atoms with van der Waals surface area (Å²) >= 11 is 6.04. The third kappa shape index (κ3) is 2.78. The summed E-state index contributed by atoms with van der Waals surface area (Å²) in [5.74, 6) is 0. The Kier molecular flexibility index (Phi) is 4.01. The molecule has 20 heavy (non-hydrogen) atoms. The topological polar surface area (TPSA) is 23.8 Å². The summed E-state index contributed by atoms with van der Waals surface area (Å²) in [4.78, 5) is 0. The maximum absolute atomic E-state index is 13.1. The van der Waals surface area contributed by atoms with Gasteiger partial charge >= 0.3 is 6.18 Å². The van der Waals surface area contributed by atoms with Crippen LogP contribution in [0.5, 0.6) is 0 Å². The lowest BCUT2D eigenvalue weighted by atomic mass is 9.94. The second kappa shape index (κ2) is 5.56. The van der Waals surface area contributed by atoms with E-state index in [4.69, 9.17) is 16.9 Å². The maximum atomic E-state index is 13.1. The Labute approximate surface area is 119 Å². The molecule has 2 rings (SSSR count). The smallest absolute Gasteiger partial charge is 0.198 e. The Morgan fingerprint density at radius 1 is 1.05 bits per heavy atom. The van der Waals surface area contributed by atoms with Crippen LogP contribution >= 0.6 is 11.6 Å². The fourth-order valence-corrected chi connectivity index (χ4v) is 2.35. The lowest BCUT2D eigenvalue weighted by Crippen LogP contribution is -2.07. The van der Waals surface area contributed by atoms with Crippen LogP contribution < -0.4 is 0 Å². The summed E-state index contributed by atoms with van der Waals surface area (Å²) < 4.78 is 39.2. The Morgan fingerprint density at radius 3 is 2.40 bits per heavy atom. The quantitative estimate of drug-likeness (QED) is 0.757. The molecule has 1 nitrogen and oxygen atoms in total. The number of alkyl halides is 3. The van der Waals surface area contributed by atoms with Crippen LogP contribution in [0.1, 0.15) is 11.1 Å². The van der Waals surface area contributed by atoms with Crippen LogP contribution in [-0.4, -0.2) is 0 Å². The summed E-state index contributed by atoms with van der Waals surface area (Å²) in [6.07, 6.45) is -4.47. The zero-order valence-electron chi connectivity index (χ0n) is 10.2. The molecule has 0 aliphatic carbocycles. The molecule has 0 unspecified atom stereocenters. The molecule has 0 atom stereocenters. The van der Waals surface area contributed by atoms with Crippen LogP contribution in [0.15, 0.2) is 42.5 Å². The van der Waals surface area contributed by atoms with Gasteiger partial charge in [-0.3, -0.25) is 0 Å². The van der Waals surface area contributed by atoms with Gasteiger partial charge in [0.25, 0.3) is 0 Å². The van der Waals surface area contributed by atoms with Crippen molar-refractivity contribution in [3.8, 4) is 17.2 Å². The highest BCUT2D eigenvalue weighted by molar-refractivity contribution is 6.33. The molecule has 0 aliphatic rings. The van der Waals surface area contributed by atoms with Gasteiger partial charge in [-0.15, -0.1) is 0 Å². The lowest BCUT2D eigenvalue weighted by Gasteiger charge is -2.16. The molecule has 0 fully saturated rings. The van der Waals surface area contributed by atoms with E-state index in [0.29, 0.717) is 5.56 Å². The fourth-order valence-electron chi connectivity index (χ4n) is 2.05. The van der Waals surface area contributed by atoms with Gasteiger partial charge in [-0.2, -0.15) is 18.4 Å². The second-order valence-electron chi connectivity index (χ2n) is 4.15. The Hall–Kier alpha value is -1.99. The summed E-state index contributed by atoms with van der Waals surface area (Å²) in [7, 11) is 0. The van der Waals surface area contributed by atoms with Crippen LogP contribution in [-0.2, 0) is 12.6 Å². The van der Waals surface area contributed by atoms with E-state index in [9.17, 15) is 13.2 Å². The number of benzene rings is 2. The third-order valence-electron chi connectivity index (χ3n) is 2.87. The molecule has 0 bridgehead atoms. The minimum Gasteiger partial charge on any atom is -0.198 e. The Morgan fingerprint density at radius 2 is 1.75 bits per heavy atom. The number of nitrogens with zero attached hydrogens (tertiary/aromatic N) is 1. The van der Waals surface area contributed by atoms with Crippen molar-refractivity contribution in [1.29, 1.82) is 5.26 Å². The summed E-state index contributed by atoms with van der Waals surface area (Å²) in [5.41, 5.74) is -0.0107. The normalized spacial score (nSPS) is 11.2. The first-order valence-electron chi connectivity index (χ1n) is 5.76. The molecular formula is C15H9ClF3N. The van der Waals surface area contributed by atoms with Gasteiger partial charge in [-0.1, -0.05) is 41.9 Å². The average molecular weight is 296 g/mol. The van der Waals surface area contributed by atoms with Crippen molar-refractivity contribution in [2.75, 3.05) is 0 Å². The highest BCUT2D eigenvalue weighted by Crippen LogP contribution is 2.40. The van der Waals surface area contributed by atoms with Crippen molar-refractivity contribution in [3.63, 3.8) is 0 Å². The average Bonchev–Trinajstić information content (AvgIpc) is 2.38. The van der Waals surface area contributed by atoms with Gasteiger partial charge in [-0.05, 0) is 23.3 Å². The zero-order valence-corrected chi connectivity index (χ0v) is 11.0. The van der Waals surface area contributed by atoms with E-state index in [-0.39, 0.29) is 22.6 Å². The van der Waals surface area contributed by atoms with Crippen molar-refractivity contribution >= 4 is 11.6 Å². The van der Waals surface area contributed by atoms with E-state index < -0.39 is 11.7 Å². The molecule has 0 spiro atoms. The predicted octanol–water partition coefficient (Wildman–Crippen LogP) is 5.09. The van der Waals surface area contributed by atoms with Gasteiger partial charge in [-0.25, -0.2) is 0 Å². The first-order valence-corrected chi connectivity index (χ1v) is 6.14. The molecule has 0 amide bonds. The fraction of sp³-hybridized carbons (Fsp3) is 0.133. The van der Waals surface area contributed by atoms with Gasteiger partial charge in [0, 0.05) is 10.6 Å². The van der Waals surface area contributed by atoms with E-state index in [0.717, 1.165) is 6.07 Å². The highest BCUT2D eigenvalue weighted by atomic mass is 35.5. The largest absolute Gasteiger partial charge is 0.417 e. The van der Waals surface area contributed by atoms with Crippen LogP contribution in [0, 0.1) is 11.3 Å². The highest BCUT2D eigenvalue weighted by Gasteiger charge is 2.34. The maximum Gasteiger partial charge on any atom is 0.417 e. The monoisotopic (exact) mass is 295 g/mol. The molecule has 0 aliphatic heterocycles. The third-order valence-corrected chi connectivity index (χ3v) is 3.19. The summed E-state index contributed by atoms with van der Waals surface area (Å²) in [6, 6.07) is 11.9. The molecule has 2 aromatic carbocycles. The Balaban J connectivity index is 2.73. The van der Waals surface area contributed by atoms with Crippen molar-refractivity contribution in [2.45, 2.75) is 12.6 Å². The minimum absolute atomic E-state index is 0.00207. The lowest BCUT2D eigenvalue weighted by molar-refractivity contribution is -0.137. The van der Waals surface area contributed by atoms with Crippen LogP contribution in [0.4, 0.5) is 13.2 Å². The van der Waals surface area contributed by atoms with E-state index >= 15 is 0 Å². The van der Waals surface area contributed by atoms with E-state index in [1.807, 2.05) is 6.07 Å². The number of rotatable bonds is 2. The number of hydrogen-bond acceptors (Lipinski definition) is 1. The van der Waals surface area contributed by atoms with Gasteiger partial charge in [0.05, 0.1) is 18.1 Å². The second-order valence-corrected chi connectivity index (χ2v) is 4.56. The SMILES string of the molecule is N#CCc1cccc(Cl)c1-c1ccccc1C(F)(F)F. The molecular weight excluding hydrogens is 287 g/mol. The van der Waals surface area contributed by atoms with Crippen molar-refractivity contribution in [1.82, 2.24) is 0 Å². The van der Waals surface area contributed by atoms with Crippen molar-refractivity contribution in [3.05, 3.63) is 58.6 Å². The summed E-state index contributed by atoms with van der Waals surface area (Å²) in [6.45, 7) is 0. The first-order chi connectivity index (χ1) is 9.45. The minimum atomic E-state index is -4.47. The predicted molar refractivity (Wildman–Crippen MR) is 71.2 cm³/mol. The molecule has 0 radical (unpaired) electrons. The van der Waals surface area contributed by atoms with Crippen molar-refractivity contribution < 1.29 is 13.2 Å². The van der Waals surface area contributed by atoms with Crippen LogP contribution in [0.2, 0.25) is 5.02 Å². The standard InChI is InChI=1S/C15H9ClF3N/c16-13-7-3-4-10(8-9-20)14(13)11-5-1-2-6-12(11)15(17,18)19/h1-7H,8H2. The van der Waals surface area contributed by atoms with Gasteiger partial charge in [0.1, 0.15) is 0 Å². The number of hydrogen-bond donors (Lipinski definition) is 0. The Bertz CT molecular complexity index is 672. The van der Waals surface area contributed by atoms with Crippen LogP contribution in [0.25, 0.3) is 11.1 Å². The van der Waals surface area contributed by atoms with E-state index in [1.165, 1.54) is 24.3 Å². The van der Waals surface area contributed by atoms with Gasteiger partial charge in [0.2, 0.25) is 0 Å². The molecule has 2 aromatic rings. The summed E-state index contributed by atoms with van der Waals surface area (Å²) in [5, 5.41) is 9.00. The molecule has 0 N–H and O–H groups in total. The number of halogens is 4. The number of nitriles is 1. The first kappa shape index (κ1) is 14.4. The van der Waals surface area contributed by atoms with E-state index in [2.05, 4.69) is 0 Å². The molecule has 0 saturated heterocycles. The molecule has 0 aromatic heterocycles. The van der Waals surface area contributed by atoms with Gasteiger partial charge < -0.3 is 0 Å².